The predicted molar refractivity (Wildman–Crippen MR) is 80.9 cm³/mol. The second-order valence-electron chi connectivity index (χ2n) is 5.49. The van der Waals surface area contributed by atoms with Gasteiger partial charge >= 0.3 is 0 Å². The van der Waals surface area contributed by atoms with Gasteiger partial charge in [-0.3, -0.25) is 4.79 Å². The molecule has 1 atom stereocenters. The number of rotatable bonds is 3. The second kappa shape index (κ2) is 5.67. The van der Waals surface area contributed by atoms with Gasteiger partial charge in [0.15, 0.2) is 0 Å². The molecule has 0 saturated carbocycles. The number of carbonyl (C=O) groups is 1. The predicted octanol–water partition coefficient (Wildman–Crippen LogP) is 2.38. The van der Waals surface area contributed by atoms with Crippen molar-refractivity contribution in [2.24, 2.45) is 0 Å². The minimum Gasteiger partial charge on any atom is -0.361 e. The second-order valence-corrected chi connectivity index (χ2v) is 5.49. The van der Waals surface area contributed by atoms with Crippen LogP contribution in [0, 0.1) is 0 Å². The molecule has 106 valence electrons. The highest BCUT2D eigenvalue weighted by Gasteiger charge is 2.20. The fourth-order valence-corrected chi connectivity index (χ4v) is 2.92. The van der Waals surface area contributed by atoms with E-state index in [2.05, 4.69) is 22.1 Å². The van der Waals surface area contributed by atoms with Crippen LogP contribution in [0.5, 0.6) is 0 Å². The van der Waals surface area contributed by atoms with Crippen molar-refractivity contribution in [2.45, 2.75) is 25.8 Å². The molecule has 2 aromatic rings. The Balaban J connectivity index is 1.69. The van der Waals surface area contributed by atoms with Gasteiger partial charge in [-0.1, -0.05) is 6.92 Å². The molecule has 1 saturated heterocycles. The highest BCUT2D eigenvalue weighted by Crippen LogP contribution is 2.15. The van der Waals surface area contributed by atoms with Crippen molar-refractivity contribution in [1.29, 1.82) is 0 Å². The number of H-pyrrole nitrogens is 1. The van der Waals surface area contributed by atoms with Gasteiger partial charge in [-0.05, 0) is 50.2 Å². The average molecular weight is 271 g/mol. The van der Waals surface area contributed by atoms with Gasteiger partial charge in [0.25, 0.3) is 5.91 Å². The Hall–Kier alpha value is -1.81. The number of hydrogen-bond donors (Lipinski definition) is 2. The first kappa shape index (κ1) is 13.2. The van der Waals surface area contributed by atoms with Gasteiger partial charge in [0.05, 0.1) is 0 Å². The quantitative estimate of drug-likeness (QED) is 0.900. The number of benzene rings is 1. The summed E-state index contributed by atoms with van der Waals surface area (Å²) in [6.45, 7) is 5.35. The van der Waals surface area contributed by atoms with Gasteiger partial charge in [-0.25, -0.2) is 0 Å². The molecular formula is C16H21N3O. The number of aromatic amines is 1. The average Bonchev–Trinajstić information content (AvgIpc) is 2.94. The first-order valence-corrected chi connectivity index (χ1v) is 7.36. The molecule has 20 heavy (non-hydrogen) atoms. The van der Waals surface area contributed by atoms with E-state index in [1.165, 1.54) is 0 Å². The molecule has 1 amide bonds. The maximum Gasteiger partial charge on any atom is 0.251 e. The number of amides is 1. The van der Waals surface area contributed by atoms with Crippen molar-refractivity contribution in [2.75, 3.05) is 19.6 Å². The van der Waals surface area contributed by atoms with Crippen molar-refractivity contribution < 1.29 is 4.79 Å². The zero-order valence-corrected chi connectivity index (χ0v) is 11.9. The Bertz CT molecular complexity index is 605. The molecular weight excluding hydrogens is 250 g/mol. The largest absolute Gasteiger partial charge is 0.361 e. The van der Waals surface area contributed by atoms with E-state index in [1.54, 1.807) is 0 Å². The fourth-order valence-electron chi connectivity index (χ4n) is 2.92. The van der Waals surface area contributed by atoms with Crippen LogP contribution in [0.1, 0.15) is 30.1 Å². The summed E-state index contributed by atoms with van der Waals surface area (Å²) < 4.78 is 0. The van der Waals surface area contributed by atoms with E-state index in [1.807, 2.05) is 30.5 Å². The smallest absolute Gasteiger partial charge is 0.251 e. The Labute approximate surface area is 119 Å². The highest BCUT2D eigenvalue weighted by atomic mass is 16.1. The van der Waals surface area contributed by atoms with Crippen molar-refractivity contribution in [3.8, 4) is 0 Å². The molecule has 4 nitrogen and oxygen atoms in total. The Morgan fingerprint density at radius 1 is 1.45 bits per heavy atom. The van der Waals surface area contributed by atoms with Crippen molar-refractivity contribution in [1.82, 2.24) is 15.2 Å². The van der Waals surface area contributed by atoms with Crippen molar-refractivity contribution in [3.63, 3.8) is 0 Å². The molecule has 1 unspecified atom stereocenters. The Morgan fingerprint density at radius 3 is 3.20 bits per heavy atom. The molecule has 1 aliphatic heterocycles. The van der Waals surface area contributed by atoms with Gasteiger partial charge in [-0.15, -0.1) is 0 Å². The summed E-state index contributed by atoms with van der Waals surface area (Å²) in [7, 11) is 0. The number of hydrogen-bond acceptors (Lipinski definition) is 2. The van der Waals surface area contributed by atoms with Crippen LogP contribution in [0.2, 0.25) is 0 Å². The van der Waals surface area contributed by atoms with E-state index >= 15 is 0 Å². The van der Waals surface area contributed by atoms with Crippen LogP contribution in [0.3, 0.4) is 0 Å². The number of nitrogens with zero attached hydrogens (tertiary/aromatic N) is 1. The lowest BCUT2D eigenvalue weighted by Crippen LogP contribution is -2.47. The van der Waals surface area contributed by atoms with E-state index in [4.69, 9.17) is 0 Å². The minimum absolute atomic E-state index is 0.0380. The van der Waals surface area contributed by atoms with Crippen LogP contribution in [-0.2, 0) is 0 Å². The summed E-state index contributed by atoms with van der Waals surface area (Å²) in [5, 5.41) is 4.25. The zero-order chi connectivity index (χ0) is 13.9. The van der Waals surface area contributed by atoms with Gasteiger partial charge < -0.3 is 15.2 Å². The third-order valence-corrected chi connectivity index (χ3v) is 4.10. The lowest BCUT2D eigenvalue weighted by atomic mass is 10.0. The number of likely N-dealkylation sites (tertiary alicyclic amines) is 1. The van der Waals surface area contributed by atoms with Crippen LogP contribution in [-0.4, -0.2) is 41.5 Å². The number of piperidine rings is 1. The highest BCUT2D eigenvalue weighted by molar-refractivity contribution is 5.98. The van der Waals surface area contributed by atoms with Crippen LogP contribution in [0.4, 0.5) is 0 Å². The molecule has 1 aromatic heterocycles. The molecule has 0 aliphatic carbocycles. The summed E-state index contributed by atoms with van der Waals surface area (Å²) in [5.41, 5.74) is 1.81. The normalized spacial score (nSPS) is 20.1. The lowest BCUT2D eigenvalue weighted by Gasteiger charge is -2.32. The van der Waals surface area contributed by atoms with E-state index in [0.29, 0.717) is 0 Å². The minimum atomic E-state index is 0.0380. The number of likely N-dealkylation sites (N-methyl/N-ethyl adjacent to an activating group) is 1. The maximum atomic E-state index is 12.3. The summed E-state index contributed by atoms with van der Waals surface area (Å²) >= 11 is 0. The molecule has 1 aliphatic rings. The molecule has 0 spiro atoms. The SMILES string of the molecule is CCN1CCCC(NC(=O)c2ccc3[nH]ccc3c2)C1. The van der Waals surface area contributed by atoms with E-state index in [-0.39, 0.29) is 11.9 Å². The first-order chi connectivity index (χ1) is 9.76. The Kier molecular flexibility index (Phi) is 3.74. The molecule has 4 heteroatoms. The van der Waals surface area contributed by atoms with Crippen LogP contribution in [0.25, 0.3) is 10.9 Å². The number of nitrogens with one attached hydrogen (secondary N) is 2. The maximum absolute atomic E-state index is 12.3. The van der Waals surface area contributed by atoms with E-state index in [0.717, 1.165) is 48.9 Å². The molecule has 1 fully saturated rings. The summed E-state index contributed by atoms with van der Waals surface area (Å²) in [5.74, 6) is 0.0380. The topological polar surface area (TPSA) is 48.1 Å². The fraction of sp³-hybridized carbons (Fsp3) is 0.438. The summed E-state index contributed by atoms with van der Waals surface area (Å²) in [4.78, 5) is 17.9. The molecule has 0 bridgehead atoms. The van der Waals surface area contributed by atoms with E-state index in [9.17, 15) is 4.79 Å². The monoisotopic (exact) mass is 271 g/mol. The number of carbonyl (C=O) groups excluding carboxylic acids is 1. The number of aromatic nitrogens is 1. The summed E-state index contributed by atoms with van der Waals surface area (Å²) in [6.07, 6.45) is 4.14. The standard InChI is InChI=1S/C16H21N3O/c1-2-19-9-3-4-14(11-19)18-16(20)13-5-6-15-12(10-13)7-8-17-15/h5-8,10,14,17H,2-4,9,11H2,1H3,(H,18,20). The molecule has 2 N–H and O–H groups in total. The van der Waals surface area contributed by atoms with Crippen LogP contribution in [0.15, 0.2) is 30.5 Å². The third-order valence-electron chi connectivity index (χ3n) is 4.10. The van der Waals surface area contributed by atoms with Crippen molar-refractivity contribution in [3.05, 3.63) is 36.0 Å². The zero-order valence-electron chi connectivity index (χ0n) is 11.9. The van der Waals surface area contributed by atoms with E-state index < -0.39 is 0 Å². The lowest BCUT2D eigenvalue weighted by molar-refractivity contribution is 0.0906. The Morgan fingerprint density at radius 2 is 2.35 bits per heavy atom. The molecule has 2 heterocycles. The molecule has 0 radical (unpaired) electrons. The third kappa shape index (κ3) is 2.70. The van der Waals surface area contributed by atoms with Crippen LogP contribution >= 0.6 is 0 Å². The van der Waals surface area contributed by atoms with Gasteiger partial charge in [0.2, 0.25) is 0 Å². The van der Waals surface area contributed by atoms with Crippen LogP contribution < -0.4 is 5.32 Å². The summed E-state index contributed by atoms with van der Waals surface area (Å²) in [6, 6.07) is 8.06. The van der Waals surface area contributed by atoms with Gasteiger partial charge in [-0.2, -0.15) is 0 Å². The van der Waals surface area contributed by atoms with Gasteiger partial charge in [0, 0.05) is 35.2 Å². The molecule has 3 rings (SSSR count). The molecule has 1 aromatic carbocycles. The first-order valence-electron chi connectivity index (χ1n) is 7.36. The van der Waals surface area contributed by atoms with Crippen molar-refractivity contribution >= 4 is 16.8 Å². The number of fused-ring (bicyclic) bond motifs is 1. The van der Waals surface area contributed by atoms with Gasteiger partial charge in [0.1, 0.15) is 0 Å².